The van der Waals surface area contributed by atoms with E-state index in [1.54, 1.807) is 13.8 Å². The lowest BCUT2D eigenvalue weighted by atomic mass is 9.95. The number of carbonyl (C=O) groups excluding carboxylic acids is 2. The van der Waals surface area contributed by atoms with Crippen LogP contribution in [0.25, 0.3) is 10.9 Å². The standard InChI is InChI=1S/C29H31N5O6S/c1-4-25(28(35)30-19-10-12-20(13-11-19)41(37,38)33-26-16-18(3)40-32-26)39-29(36)27-21-8-6-7-9-23(21)31-24-14-15-34(5-2)17-22(24)27/h6-13,16,25H,4-5,14-15,17H2,1-3H3,(H,30,35)(H,32,33). The molecule has 0 aliphatic carbocycles. The van der Waals surface area contributed by atoms with Crippen molar-refractivity contribution in [1.29, 1.82) is 0 Å². The third-order valence-corrected chi connectivity index (χ3v) is 8.36. The number of carbonyl (C=O) groups is 2. The quantitative estimate of drug-likeness (QED) is 0.279. The molecule has 2 aromatic carbocycles. The summed E-state index contributed by atoms with van der Waals surface area (Å²) in [4.78, 5) is 33.8. The maximum Gasteiger partial charge on any atom is 0.340 e. The number of aromatic nitrogens is 2. The lowest BCUT2D eigenvalue weighted by Crippen LogP contribution is -2.35. The number of esters is 1. The maximum atomic E-state index is 13.6. The fourth-order valence-corrected chi connectivity index (χ4v) is 5.79. The Hall–Kier alpha value is -4.29. The van der Waals surface area contributed by atoms with Gasteiger partial charge >= 0.3 is 5.97 Å². The van der Waals surface area contributed by atoms with Crippen LogP contribution in [0.3, 0.4) is 0 Å². The fourth-order valence-electron chi connectivity index (χ4n) is 4.81. The first-order valence-electron chi connectivity index (χ1n) is 13.4. The molecule has 3 heterocycles. The van der Waals surface area contributed by atoms with Gasteiger partial charge in [0.15, 0.2) is 11.9 Å². The summed E-state index contributed by atoms with van der Waals surface area (Å²) >= 11 is 0. The summed E-state index contributed by atoms with van der Waals surface area (Å²) in [5.41, 5.74) is 3.22. The van der Waals surface area contributed by atoms with Crippen molar-refractivity contribution in [1.82, 2.24) is 15.0 Å². The van der Waals surface area contributed by atoms with Crippen LogP contribution < -0.4 is 10.0 Å². The Bertz CT molecular complexity index is 1700. The molecule has 1 aliphatic rings. The molecule has 4 aromatic rings. The van der Waals surface area contributed by atoms with Gasteiger partial charge in [0.05, 0.1) is 16.0 Å². The molecule has 1 aliphatic heterocycles. The number of rotatable bonds is 9. The Morgan fingerprint density at radius 3 is 2.56 bits per heavy atom. The predicted octanol–water partition coefficient (Wildman–Crippen LogP) is 4.28. The lowest BCUT2D eigenvalue weighted by molar-refractivity contribution is -0.124. The van der Waals surface area contributed by atoms with Gasteiger partial charge in [-0.25, -0.2) is 13.2 Å². The van der Waals surface area contributed by atoms with E-state index in [0.717, 1.165) is 30.8 Å². The largest absolute Gasteiger partial charge is 0.449 e. The van der Waals surface area contributed by atoms with Crippen molar-refractivity contribution < 1.29 is 27.3 Å². The van der Waals surface area contributed by atoms with Crippen LogP contribution in [0.1, 0.15) is 47.6 Å². The van der Waals surface area contributed by atoms with E-state index in [9.17, 15) is 18.0 Å². The summed E-state index contributed by atoms with van der Waals surface area (Å²) in [6, 6.07) is 14.5. The average Bonchev–Trinajstić information content (AvgIpc) is 3.37. The van der Waals surface area contributed by atoms with Crippen molar-refractivity contribution in [2.75, 3.05) is 23.1 Å². The summed E-state index contributed by atoms with van der Waals surface area (Å²) in [6.07, 6.45) is -0.0839. The molecule has 11 nitrogen and oxygen atoms in total. The minimum absolute atomic E-state index is 0.0231. The molecule has 2 N–H and O–H groups in total. The van der Waals surface area contributed by atoms with Crippen LogP contribution in [0, 0.1) is 6.92 Å². The Labute approximate surface area is 237 Å². The molecule has 12 heteroatoms. The van der Waals surface area contributed by atoms with Crippen molar-refractivity contribution in [2.24, 2.45) is 0 Å². The molecule has 0 radical (unpaired) electrons. The Morgan fingerprint density at radius 1 is 1.12 bits per heavy atom. The number of hydrogen-bond donors (Lipinski definition) is 2. The van der Waals surface area contributed by atoms with Gasteiger partial charge in [-0.1, -0.05) is 37.2 Å². The van der Waals surface area contributed by atoms with Crippen LogP contribution in [0.5, 0.6) is 0 Å². The lowest BCUT2D eigenvalue weighted by Gasteiger charge is -2.29. The second-order valence-electron chi connectivity index (χ2n) is 9.79. The highest BCUT2D eigenvalue weighted by Crippen LogP contribution is 2.29. The Kier molecular flexibility index (Phi) is 8.04. The number of fused-ring (bicyclic) bond motifs is 2. The van der Waals surface area contributed by atoms with E-state index in [4.69, 9.17) is 14.2 Å². The van der Waals surface area contributed by atoms with E-state index in [-0.39, 0.29) is 17.1 Å². The van der Waals surface area contributed by atoms with Gasteiger partial charge in [-0.3, -0.25) is 19.4 Å². The highest BCUT2D eigenvalue weighted by Gasteiger charge is 2.29. The number of likely N-dealkylation sites (N-methyl/N-ethyl adjacent to an activating group) is 1. The molecule has 214 valence electrons. The number of anilines is 2. The van der Waals surface area contributed by atoms with Crippen molar-refractivity contribution in [3.05, 3.63) is 77.2 Å². The SMILES string of the molecule is CCC(OC(=O)c1c2c(nc3ccccc13)CCN(CC)C2)C(=O)Nc1ccc(S(=O)(=O)Nc2cc(C)on2)cc1. The number of hydrogen-bond acceptors (Lipinski definition) is 9. The third kappa shape index (κ3) is 6.08. The molecule has 1 amide bonds. The number of pyridine rings is 1. The molecule has 1 unspecified atom stereocenters. The zero-order chi connectivity index (χ0) is 29.1. The number of para-hydroxylation sites is 1. The monoisotopic (exact) mass is 577 g/mol. The third-order valence-electron chi connectivity index (χ3n) is 6.99. The van der Waals surface area contributed by atoms with Gasteiger partial charge in [-0.15, -0.1) is 0 Å². The molecule has 5 rings (SSSR count). The van der Waals surface area contributed by atoms with Crippen molar-refractivity contribution >= 4 is 44.3 Å². The molecule has 0 bridgehead atoms. The highest BCUT2D eigenvalue weighted by molar-refractivity contribution is 7.92. The molecule has 2 aromatic heterocycles. The van der Waals surface area contributed by atoms with E-state index in [1.807, 2.05) is 24.3 Å². The molecular weight excluding hydrogens is 546 g/mol. The molecule has 0 fully saturated rings. The smallest absolute Gasteiger partial charge is 0.340 e. The van der Waals surface area contributed by atoms with Crippen LogP contribution in [0.2, 0.25) is 0 Å². The molecular formula is C29H31N5O6S. The fraction of sp³-hybridized carbons (Fsp3) is 0.310. The van der Waals surface area contributed by atoms with E-state index >= 15 is 0 Å². The van der Waals surface area contributed by atoms with Crippen molar-refractivity contribution in [2.45, 2.75) is 51.2 Å². The van der Waals surface area contributed by atoms with Gasteiger partial charge in [0, 0.05) is 47.9 Å². The summed E-state index contributed by atoms with van der Waals surface area (Å²) in [6.45, 7) is 7.76. The normalized spacial score (nSPS) is 14.3. The van der Waals surface area contributed by atoms with Gasteiger partial charge in [0.25, 0.3) is 15.9 Å². The second-order valence-corrected chi connectivity index (χ2v) is 11.5. The number of ether oxygens (including phenoxy) is 1. The van der Waals surface area contributed by atoms with E-state index in [2.05, 4.69) is 27.0 Å². The molecule has 0 saturated heterocycles. The molecule has 0 spiro atoms. The van der Waals surface area contributed by atoms with Gasteiger partial charge in [0.1, 0.15) is 5.76 Å². The first-order chi connectivity index (χ1) is 19.7. The van der Waals surface area contributed by atoms with Gasteiger partial charge < -0.3 is 14.6 Å². The first-order valence-corrected chi connectivity index (χ1v) is 14.9. The summed E-state index contributed by atoms with van der Waals surface area (Å²) < 4.78 is 38.3. The maximum absolute atomic E-state index is 13.6. The molecule has 0 saturated carbocycles. The van der Waals surface area contributed by atoms with Gasteiger partial charge in [-0.05, 0) is 50.2 Å². The number of nitrogens with one attached hydrogen (secondary N) is 2. The number of nitrogens with zero attached hydrogens (tertiary/aromatic N) is 3. The van der Waals surface area contributed by atoms with Crippen LogP contribution >= 0.6 is 0 Å². The van der Waals surface area contributed by atoms with E-state index in [0.29, 0.717) is 34.5 Å². The van der Waals surface area contributed by atoms with E-state index < -0.39 is 28.0 Å². The molecule has 1 atom stereocenters. The van der Waals surface area contributed by atoms with Crippen molar-refractivity contribution in [3.63, 3.8) is 0 Å². The zero-order valence-electron chi connectivity index (χ0n) is 23.0. The number of sulfonamides is 1. The minimum Gasteiger partial charge on any atom is -0.449 e. The van der Waals surface area contributed by atoms with E-state index in [1.165, 1.54) is 30.3 Å². The second kappa shape index (κ2) is 11.7. The molecule has 41 heavy (non-hydrogen) atoms. The highest BCUT2D eigenvalue weighted by atomic mass is 32.2. The Balaban J connectivity index is 1.32. The summed E-state index contributed by atoms with van der Waals surface area (Å²) in [7, 11) is -3.91. The topological polar surface area (TPSA) is 144 Å². The first kappa shape index (κ1) is 28.2. The van der Waals surface area contributed by atoms with Gasteiger partial charge in [0.2, 0.25) is 0 Å². The minimum atomic E-state index is -3.91. The van der Waals surface area contributed by atoms with Crippen LogP contribution in [0.15, 0.2) is 64.0 Å². The average molecular weight is 578 g/mol. The van der Waals surface area contributed by atoms with Gasteiger partial charge in [-0.2, -0.15) is 0 Å². The Morgan fingerprint density at radius 2 is 1.88 bits per heavy atom. The van der Waals surface area contributed by atoms with Crippen LogP contribution in [-0.4, -0.2) is 54.5 Å². The van der Waals surface area contributed by atoms with Crippen molar-refractivity contribution in [3.8, 4) is 0 Å². The van der Waals surface area contributed by atoms with Crippen LogP contribution in [-0.2, 0) is 32.5 Å². The zero-order valence-corrected chi connectivity index (χ0v) is 23.8. The predicted molar refractivity (Wildman–Crippen MR) is 153 cm³/mol. The number of aryl methyl sites for hydroxylation is 1. The number of benzene rings is 2. The summed E-state index contributed by atoms with van der Waals surface area (Å²) in [5, 5.41) is 7.04. The number of amides is 1. The van der Waals surface area contributed by atoms with Crippen LogP contribution in [0.4, 0.5) is 11.5 Å². The summed E-state index contributed by atoms with van der Waals surface area (Å²) in [5.74, 6) is -0.560.